The largest absolute Gasteiger partial charge is 0.467 e. The summed E-state index contributed by atoms with van der Waals surface area (Å²) in [7, 11) is 0. The van der Waals surface area contributed by atoms with E-state index in [1.165, 1.54) is 18.2 Å². The Kier molecular flexibility index (Phi) is 5.73. The Labute approximate surface area is 166 Å². The lowest BCUT2D eigenvalue weighted by Crippen LogP contribution is -2.15. The van der Waals surface area contributed by atoms with Crippen molar-refractivity contribution in [1.82, 2.24) is 4.57 Å². The number of aryl methyl sites for hydroxylation is 1. The van der Waals surface area contributed by atoms with Crippen LogP contribution in [-0.2, 0) is 11.3 Å². The average molecular weight is 406 g/mol. The van der Waals surface area contributed by atoms with E-state index in [-0.39, 0.29) is 23.0 Å². The first-order chi connectivity index (χ1) is 12.9. The normalized spacial score (nSPS) is 10.8. The van der Waals surface area contributed by atoms with Crippen LogP contribution in [0.25, 0.3) is 0 Å². The van der Waals surface area contributed by atoms with Gasteiger partial charge in [-0.15, -0.1) is 0 Å². The van der Waals surface area contributed by atoms with Gasteiger partial charge in [-0.25, -0.2) is 4.79 Å². The summed E-state index contributed by atoms with van der Waals surface area (Å²) in [5.41, 5.74) is 2.38. The first kappa shape index (κ1) is 19.3. The van der Waals surface area contributed by atoms with Crippen molar-refractivity contribution in [1.29, 1.82) is 0 Å². The van der Waals surface area contributed by atoms with Crippen LogP contribution < -0.4 is 0 Å². The molecule has 3 rings (SSSR count). The highest BCUT2D eigenvalue weighted by Crippen LogP contribution is 2.22. The Morgan fingerprint density at radius 3 is 2.56 bits per heavy atom. The number of hydrogen-bond acceptors (Lipinski definition) is 4. The summed E-state index contributed by atoms with van der Waals surface area (Å²) in [5.74, 6) is -0.166. The molecule has 1 aromatic carbocycles. The van der Waals surface area contributed by atoms with Crippen molar-refractivity contribution in [3.05, 3.63) is 81.0 Å². The molecule has 0 aliphatic heterocycles. The minimum Gasteiger partial charge on any atom is -0.467 e. The number of halogens is 2. The molecule has 0 amide bonds. The van der Waals surface area contributed by atoms with Gasteiger partial charge in [0.05, 0.1) is 23.4 Å². The third kappa shape index (κ3) is 4.26. The lowest BCUT2D eigenvalue weighted by Gasteiger charge is -2.08. The van der Waals surface area contributed by atoms with Gasteiger partial charge in [0.25, 0.3) is 0 Å². The van der Waals surface area contributed by atoms with Gasteiger partial charge in [0, 0.05) is 22.0 Å². The zero-order valence-electron chi connectivity index (χ0n) is 14.8. The molecule has 0 bridgehead atoms. The molecule has 0 atom stereocenters. The number of hydrogen-bond donors (Lipinski definition) is 0. The van der Waals surface area contributed by atoms with E-state index < -0.39 is 5.97 Å². The number of rotatable bonds is 6. The van der Waals surface area contributed by atoms with Crippen LogP contribution in [0.5, 0.6) is 0 Å². The van der Waals surface area contributed by atoms with Gasteiger partial charge in [-0.1, -0.05) is 23.2 Å². The minimum atomic E-state index is -0.672. The van der Waals surface area contributed by atoms with Gasteiger partial charge in [-0.05, 0) is 50.2 Å². The fourth-order valence-corrected chi connectivity index (χ4v) is 3.31. The molecule has 0 radical (unpaired) electrons. The highest BCUT2D eigenvalue weighted by atomic mass is 35.5. The van der Waals surface area contributed by atoms with Gasteiger partial charge in [0.15, 0.2) is 6.61 Å². The van der Waals surface area contributed by atoms with Crippen LogP contribution in [0.2, 0.25) is 10.0 Å². The smallest absolute Gasteiger partial charge is 0.340 e. The highest BCUT2D eigenvalue weighted by molar-refractivity contribution is 6.36. The first-order valence-corrected chi connectivity index (χ1v) is 8.97. The van der Waals surface area contributed by atoms with E-state index in [1.54, 1.807) is 12.3 Å². The molecule has 0 fully saturated rings. The number of carbonyl (C=O) groups excluding carboxylic acids is 2. The van der Waals surface area contributed by atoms with Gasteiger partial charge >= 0.3 is 5.97 Å². The fourth-order valence-electron chi connectivity index (χ4n) is 2.83. The Balaban J connectivity index is 1.70. The number of Topliss-reactive ketones (excluding diaryl/α,β-unsaturated/α-hetero) is 1. The molecule has 2 heterocycles. The maximum atomic E-state index is 12.5. The second-order valence-electron chi connectivity index (χ2n) is 6.07. The van der Waals surface area contributed by atoms with Crippen molar-refractivity contribution >= 4 is 35.0 Å². The number of furan rings is 1. The van der Waals surface area contributed by atoms with Gasteiger partial charge in [0.2, 0.25) is 5.78 Å². The number of aromatic nitrogens is 1. The molecule has 27 heavy (non-hydrogen) atoms. The monoisotopic (exact) mass is 405 g/mol. The Bertz CT molecular complexity index is 990. The van der Waals surface area contributed by atoms with E-state index in [2.05, 4.69) is 0 Å². The molecule has 3 aromatic rings. The molecule has 7 heteroatoms. The van der Waals surface area contributed by atoms with Crippen LogP contribution in [0.3, 0.4) is 0 Å². The summed E-state index contributed by atoms with van der Waals surface area (Å²) in [6, 6.07) is 9.92. The average Bonchev–Trinajstić information content (AvgIpc) is 3.23. The molecule has 0 spiro atoms. The van der Waals surface area contributed by atoms with E-state index in [1.807, 2.05) is 30.5 Å². The second kappa shape index (κ2) is 8.03. The molecule has 0 saturated carbocycles. The molecule has 0 aliphatic rings. The molecule has 0 unspecified atom stereocenters. The van der Waals surface area contributed by atoms with Gasteiger partial charge in [-0.3, -0.25) is 4.79 Å². The SMILES string of the molecule is Cc1cc(C(=O)COC(=O)c2ccc(Cl)cc2Cl)c(C)n1Cc1ccco1. The quantitative estimate of drug-likeness (QED) is 0.423. The van der Waals surface area contributed by atoms with Crippen LogP contribution >= 0.6 is 23.2 Å². The van der Waals surface area contributed by atoms with Crippen molar-refractivity contribution in [2.75, 3.05) is 6.61 Å². The fraction of sp³-hybridized carbons (Fsp3) is 0.200. The molecule has 0 saturated heterocycles. The van der Waals surface area contributed by atoms with Gasteiger partial charge in [0.1, 0.15) is 5.76 Å². The van der Waals surface area contributed by atoms with Crippen molar-refractivity contribution < 1.29 is 18.7 Å². The molecule has 2 aromatic heterocycles. The van der Waals surface area contributed by atoms with Crippen molar-refractivity contribution in [2.24, 2.45) is 0 Å². The summed E-state index contributed by atoms with van der Waals surface area (Å²) in [6.45, 7) is 3.91. The Hall–Kier alpha value is -2.50. The number of ether oxygens (including phenoxy) is 1. The minimum absolute atomic E-state index is 0.164. The standard InChI is InChI=1S/C20H17Cl2NO4/c1-12-8-17(13(2)23(12)10-15-4-3-7-26-15)19(24)11-27-20(25)16-6-5-14(21)9-18(16)22/h3-9H,10-11H2,1-2H3. The summed E-state index contributed by atoms with van der Waals surface area (Å²) >= 11 is 11.8. The van der Waals surface area contributed by atoms with Crippen molar-refractivity contribution in [3.8, 4) is 0 Å². The third-order valence-electron chi connectivity index (χ3n) is 4.25. The number of esters is 1. The van der Waals surface area contributed by atoms with Crippen molar-refractivity contribution in [3.63, 3.8) is 0 Å². The zero-order chi connectivity index (χ0) is 19.6. The molecular formula is C20H17Cl2NO4. The van der Waals surface area contributed by atoms with E-state index >= 15 is 0 Å². The zero-order valence-corrected chi connectivity index (χ0v) is 16.3. The lowest BCUT2D eigenvalue weighted by atomic mass is 10.1. The number of benzene rings is 1. The van der Waals surface area contributed by atoms with Gasteiger partial charge in [-0.2, -0.15) is 0 Å². The third-order valence-corrected chi connectivity index (χ3v) is 4.80. The second-order valence-corrected chi connectivity index (χ2v) is 6.92. The molecule has 0 N–H and O–H groups in total. The molecule has 140 valence electrons. The van der Waals surface area contributed by atoms with Crippen molar-refractivity contribution in [2.45, 2.75) is 20.4 Å². The van der Waals surface area contributed by atoms with Crippen LogP contribution in [-0.4, -0.2) is 22.9 Å². The predicted molar refractivity (Wildman–Crippen MR) is 103 cm³/mol. The van der Waals surface area contributed by atoms with E-state index in [9.17, 15) is 9.59 Å². The lowest BCUT2D eigenvalue weighted by molar-refractivity contribution is 0.0474. The van der Waals surface area contributed by atoms with Gasteiger partial charge < -0.3 is 13.7 Å². The summed E-state index contributed by atoms with van der Waals surface area (Å²) < 4.78 is 12.5. The van der Waals surface area contributed by atoms with E-state index in [0.717, 1.165) is 17.1 Å². The van der Waals surface area contributed by atoms with Crippen LogP contribution in [0.1, 0.15) is 37.9 Å². The summed E-state index contributed by atoms with van der Waals surface area (Å²) in [4.78, 5) is 24.7. The van der Waals surface area contributed by atoms with Crippen LogP contribution in [0.15, 0.2) is 47.1 Å². The highest BCUT2D eigenvalue weighted by Gasteiger charge is 2.19. The Morgan fingerprint density at radius 1 is 1.11 bits per heavy atom. The molecule has 0 aliphatic carbocycles. The van der Waals surface area contributed by atoms with E-state index in [0.29, 0.717) is 17.1 Å². The van der Waals surface area contributed by atoms with E-state index in [4.69, 9.17) is 32.4 Å². The molecule has 5 nitrogen and oxygen atoms in total. The predicted octanol–water partition coefficient (Wildman–Crippen LogP) is 5.09. The first-order valence-electron chi connectivity index (χ1n) is 8.21. The topological polar surface area (TPSA) is 61.4 Å². The number of nitrogens with zero attached hydrogens (tertiary/aromatic N) is 1. The van der Waals surface area contributed by atoms with Crippen LogP contribution in [0, 0.1) is 13.8 Å². The van der Waals surface area contributed by atoms with Crippen LogP contribution in [0.4, 0.5) is 0 Å². The maximum Gasteiger partial charge on any atom is 0.340 e. The number of carbonyl (C=O) groups is 2. The summed E-state index contributed by atoms with van der Waals surface area (Å²) in [6.07, 6.45) is 1.61. The maximum absolute atomic E-state index is 12.5. The number of ketones is 1. The molecular weight excluding hydrogens is 389 g/mol. The summed E-state index contributed by atoms with van der Waals surface area (Å²) in [5, 5.41) is 0.591. The Morgan fingerprint density at radius 2 is 1.89 bits per heavy atom.